The van der Waals surface area contributed by atoms with Gasteiger partial charge in [-0.25, -0.2) is 0 Å². The molecule has 0 aromatic heterocycles. The van der Waals surface area contributed by atoms with E-state index in [1.807, 2.05) is 18.2 Å². The number of ether oxygens (including phenoxy) is 2. The highest BCUT2D eigenvalue weighted by molar-refractivity contribution is 8.21. The number of aliphatic hydroxyl groups excluding tert-OH is 1. The number of hydrogen-bond donors (Lipinski definition) is 1. The molecule has 158 valence electrons. The van der Waals surface area contributed by atoms with Crippen molar-refractivity contribution >= 4 is 31.6 Å². The lowest BCUT2D eigenvalue weighted by Crippen LogP contribution is -2.59. The maximum absolute atomic E-state index is 11.3. The van der Waals surface area contributed by atoms with Gasteiger partial charge in [-0.3, -0.25) is 0 Å². The first-order chi connectivity index (χ1) is 13.2. The Labute approximate surface area is 180 Å². The Morgan fingerprint density at radius 2 is 1.82 bits per heavy atom. The van der Waals surface area contributed by atoms with Crippen LogP contribution in [0, 0.1) is 0 Å². The smallest absolute Gasteiger partial charge is 0.112 e. The summed E-state index contributed by atoms with van der Waals surface area (Å²) in [6.45, 7) is 13.4. The molecule has 0 aliphatic carbocycles. The van der Waals surface area contributed by atoms with Gasteiger partial charge in [0.2, 0.25) is 0 Å². The lowest BCUT2D eigenvalue weighted by molar-refractivity contribution is -0.0607. The molecule has 3 nitrogen and oxygen atoms in total. The molecule has 0 bridgehead atoms. The zero-order valence-electron chi connectivity index (χ0n) is 17.9. The van der Waals surface area contributed by atoms with E-state index in [9.17, 15) is 5.11 Å². The van der Waals surface area contributed by atoms with E-state index >= 15 is 0 Å². The standard InChI is InChI=1S/C22H36O3S2Si/c1-21(2,3)28(4,5)22(26-12-9-13-27-22)14-18(23)20(19-16-24-19)25-15-17-10-7-6-8-11-17/h6-8,10-11,18-20,23H,9,12-16H2,1-5H3/t18-,19-,20-/m0/s1. The van der Waals surface area contributed by atoms with Crippen LogP contribution >= 0.6 is 23.5 Å². The Bertz CT molecular complexity index is 622. The largest absolute Gasteiger partial charge is 0.390 e. The molecule has 0 radical (unpaired) electrons. The lowest BCUT2D eigenvalue weighted by atomic mass is 10.1. The van der Waals surface area contributed by atoms with Gasteiger partial charge in [0.15, 0.2) is 0 Å². The quantitative estimate of drug-likeness (QED) is 0.437. The molecule has 1 aromatic rings. The second kappa shape index (κ2) is 9.02. The van der Waals surface area contributed by atoms with E-state index in [1.54, 1.807) is 0 Å². The second-order valence-electron chi connectivity index (χ2n) is 9.58. The van der Waals surface area contributed by atoms with E-state index in [2.05, 4.69) is 69.5 Å². The van der Waals surface area contributed by atoms with Crippen molar-refractivity contribution in [3.05, 3.63) is 35.9 Å². The van der Waals surface area contributed by atoms with Crippen LogP contribution in [0.5, 0.6) is 0 Å². The van der Waals surface area contributed by atoms with Gasteiger partial charge in [0.05, 0.1) is 31.1 Å². The van der Waals surface area contributed by atoms with Crippen LogP contribution in [-0.2, 0) is 16.1 Å². The summed E-state index contributed by atoms with van der Waals surface area (Å²) in [5.41, 5.74) is 1.14. The van der Waals surface area contributed by atoms with Crippen molar-refractivity contribution in [1.82, 2.24) is 0 Å². The van der Waals surface area contributed by atoms with E-state index < -0.39 is 14.2 Å². The van der Waals surface area contributed by atoms with Crippen molar-refractivity contribution in [3.63, 3.8) is 0 Å². The van der Waals surface area contributed by atoms with E-state index in [4.69, 9.17) is 9.47 Å². The molecule has 1 N–H and O–H groups in total. The Hall–Kier alpha value is 0.0169. The van der Waals surface area contributed by atoms with Crippen LogP contribution in [0.2, 0.25) is 18.1 Å². The highest BCUT2D eigenvalue weighted by atomic mass is 32.2. The summed E-state index contributed by atoms with van der Waals surface area (Å²) in [4.78, 5) is 0. The lowest BCUT2D eigenvalue weighted by Gasteiger charge is -2.54. The fourth-order valence-electron chi connectivity index (χ4n) is 3.75. The van der Waals surface area contributed by atoms with Gasteiger partial charge in [-0.1, -0.05) is 64.2 Å². The third-order valence-corrected chi connectivity index (χ3v) is 19.4. The molecule has 1 aromatic carbocycles. The molecule has 3 rings (SSSR count). The fourth-order valence-corrected chi connectivity index (χ4v) is 13.8. The van der Waals surface area contributed by atoms with Gasteiger partial charge in [-0.2, -0.15) is 0 Å². The van der Waals surface area contributed by atoms with Crippen molar-refractivity contribution in [1.29, 1.82) is 0 Å². The van der Waals surface area contributed by atoms with E-state index in [-0.39, 0.29) is 20.9 Å². The maximum Gasteiger partial charge on any atom is 0.112 e. The molecule has 0 saturated carbocycles. The Balaban J connectivity index is 1.75. The average Bonchev–Trinajstić information content (AvgIpc) is 3.47. The minimum Gasteiger partial charge on any atom is -0.390 e. The third-order valence-electron chi connectivity index (χ3n) is 6.65. The second-order valence-corrected chi connectivity index (χ2v) is 19.0. The molecule has 28 heavy (non-hydrogen) atoms. The van der Waals surface area contributed by atoms with Crippen molar-refractivity contribution in [2.45, 2.75) is 80.4 Å². The SMILES string of the molecule is CC(C)(C)[Si](C)(C)C1(C[C@H](O)[C@H](OCc2ccccc2)[C@@H]2CO2)SCCCS1. The Morgan fingerprint density at radius 3 is 2.36 bits per heavy atom. The molecule has 6 heteroatoms. The summed E-state index contributed by atoms with van der Waals surface area (Å²) in [6, 6.07) is 10.2. The van der Waals surface area contributed by atoms with Crippen molar-refractivity contribution in [2.75, 3.05) is 18.1 Å². The van der Waals surface area contributed by atoms with E-state index in [1.165, 1.54) is 17.9 Å². The van der Waals surface area contributed by atoms with Crippen LogP contribution in [0.25, 0.3) is 0 Å². The number of benzene rings is 1. The summed E-state index contributed by atoms with van der Waals surface area (Å²) >= 11 is 4.21. The number of epoxide rings is 1. The number of aliphatic hydroxyl groups is 1. The summed E-state index contributed by atoms with van der Waals surface area (Å²) in [5.74, 6) is 2.39. The van der Waals surface area contributed by atoms with Crippen LogP contribution in [0.3, 0.4) is 0 Å². The normalized spacial score (nSPS) is 24.6. The maximum atomic E-state index is 11.3. The van der Waals surface area contributed by atoms with Crippen molar-refractivity contribution < 1.29 is 14.6 Å². The molecule has 2 saturated heterocycles. The molecular weight excluding hydrogens is 404 g/mol. The van der Waals surface area contributed by atoms with Gasteiger partial charge >= 0.3 is 0 Å². The molecular formula is C22H36O3S2Si. The van der Waals surface area contributed by atoms with Gasteiger partial charge in [-0.15, -0.1) is 23.5 Å². The Kier molecular flexibility index (Phi) is 7.31. The molecule has 2 fully saturated rings. The first-order valence-corrected chi connectivity index (χ1v) is 15.4. The summed E-state index contributed by atoms with van der Waals surface area (Å²) in [5, 5.41) is 11.6. The van der Waals surface area contributed by atoms with Crippen LogP contribution in [0.15, 0.2) is 30.3 Å². The highest BCUT2D eigenvalue weighted by Gasteiger charge is 2.56. The van der Waals surface area contributed by atoms with Gasteiger partial charge in [0.1, 0.15) is 12.2 Å². The number of rotatable bonds is 8. The van der Waals surface area contributed by atoms with E-state index in [0.29, 0.717) is 13.2 Å². The summed E-state index contributed by atoms with van der Waals surface area (Å²) < 4.78 is 11.9. The monoisotopic (exact) mass is 440 g/mol. The van der Waals surface area contributed by atoms with Crippen LogP contribution in [0.4, 0.5) is 0 Å². The molecule has 2 aliphatic rings. The van der Waals surface area contributed by atoms with E-state index in [0.717, 1.165) is 12.0 Å². The minimum absolute atomic E-state index is 0.0359. The van der Waals surface area contributed by atoms with Crippen molar-refractivity contribution in [2.24, 2.45) is 0 Å². The third kappa shape index (κ3) is 5.01. The first-order valence-electron chi connectivity index (χ1n) is 10.4. The zero-order valence-corrected chi connectivity index (χ0v) is 20.6. The van der Waals surface area contributed by atoms with Crippen LogP contribution in [-0.4, -0.2) is 53.3 Å². The first kappa shape index (κ1) is 22.7. The predicted octanol–water partition coefficient (Wildman–Crippen LogP) is 5.34. The minimum atomic E-state index is -1.69. The predicted molar refractivity (Wildman–Crippen MR) is 125 cm³/mol. The van der Waals surface area contributed by atoms with Crippen LogP contribution in [0.1, 0.15) is 39.2 Å². The highest BCUT2D eigenvalue weighted by Crippen LogP contribution is 2.58. The summed E-state index contributed by atoms with van der Waals surface area (Å²) in [7, 11) is -1.69. The summed E-state index contributed by atoms with van der Waals surface area (Å²) in [6.07, 6.45) is 1.35. The Morgan fingerprint density at radius 1 is 1.21 bits per heavy atom. The van der Waals surface area contributed by atoms with Gasteiger partial charge in [-0.05, 0) is 34.9 Å². The number of hydrogen-bond acceptors (Lipinski definition) is 5. The average molecular weight is 441 g/mol. The molecule has 2 heterocycles. The van der Waals surface area contributed by atoms with Gasteiger partial charge in [0, 0.05) is 0 Å². The van der Waals surface area contributed by atoms with Gasteiger partial charge < -0.3 is 14.6 Å². The number of thioether (sulfide) groups is 2. The fraction of sp³-hybridized carbons (Fsp3) is 0.727. The molecule has 3 atom stereocenters. The van der Waals surface area contributed by atoms with Gasteiger partial charge in [0.25, 0.3) is 0 Å². The molecule has 0 unspecified atom stereocenters. The van der Waals surface area contributed by atoms with Crippen LogP contribution < -0.4 is 0 Å². The topological polar surface area (TPSA) is 42.0 Å². The molecule has 2 aliphatic heterocycles. The van der Waals surface area contributed by atoms with Crippen molar-refractivity contribution in [3.8, 4) is 0 Å². The molecule has 0 amide bonds. The zero-order chi connectivity index (χ0) is 20.4. The molecule has 0 spiro atoms.